The number of rotatable bonds is 5. The molecule has 1 amide bonds. The van der Waals surface area contributed by atoms with E-state index < -0.39 is 0 Å². The molecule has 0 spiro atoms. The SMILES string of the molecule is N#Cc1c(N)[nH+]c(SCC(=O)Nc2ccc(Cl)cc2)c(C#N)c1-c1cccs1. The molecule has 0 radical (unpaired) electrons. The van der Waals surface area contributed by atoms with E-state index in [1.807, 2.05) is 17.5 Å². The van der Waals surface area contributed by atoms with Crippen LogP contribution in [0.5, 0.6) is 0 Å². The normalized spacial score (nSPS) is 10.1. The summed E-state index contributed by atoms with van der Waals surface area (Å²) in [7, 11) is 0. The molecule has 0 bridgehead atoms. The summed E-state index contributed by atoms with van der Waals surface area (Å²) >= 11 is 8.39. The molecule has 0 aliphatic rings. The first-order chi connectivity index (χ1) is 13.5. The fourth-order valence-electron chi connectivity index (χ4n) is 2.49. The van der Waals surface area contributed by atoms with Gasteiger partial charge in [-0.3, -0.25) is 10.5 Å². The zero-order valence-corrected chi connectivity index (χ0v) is 16.7. The number of carbonyl (C=O) groups excluding carboxylic acids is 1. The van der Waals surface area contributed by atoms with E-state index in [9.17, 15) is 15.3 Å². The molecule has 1 aromatic carbocycles. The zero-order valence-electron chi connectivity index (χ0n) is 14.3. The predicted octanol–water partition coefficient (Wildman–Crippen LogP) is 3.94. The average Bonchev–Trinajstić information content (AvgIpc) is 3.22. The Bertz CT molecular complexity index is 1100. The molecule has 0 unspecified atom stereocenters. The Morgan fingerprint density at radius 2 is 1.93 bits per heavy atom. The maximum absolute atomic E-state index is 12.2. The second-order valence-corrected chi connectivity index (χ2v) is 7.91. The van der Waals surface area contributed by atoms with Crippen molar-refractivity contribution in [1.82, 2.24) is 0 Å². The van der Waals surface area contributed by atoms with Gasteiger partial charge in [0.2, 0.25) is 5.91 Å². The average molecular weight is 427 g/mol. The number of nitrogens with zero attached hydrogens (tertiary/aromatic N) is 2. The summed E-state index contributed by atoms with van der Waals surface area (Å²) < 4.78 is 0. The van der Waals surface area contributed by atoms with Crippen molar-refractivity contribution in [2.75, 3.05) is 16.8 Å². The van der Waals surface area contributed by atoms with Gasteiger partial charge in [0.05, 0.1) is 5.75 Å². The van der Waals surface area contributed by atoms with Gasteiger partial charge in [-0.15, -0.1) is 11.3 Å². The van der Waals surface area contributed by atoms with Gasteiger partial charge in [-0.2, -0.15) is 10.5 Å². The van der Waals surface area contributed by atoms with Crippen LogP contribution in [-0.2, 0) is 4.79 Å². The number of aromatic amines is 1. The number of thiophene rings is 1. The van der Waals surface area contributed by atoms with Crippen molar-refractivity contribution in [1.29, 1.82) is 10.5 Å². The number of aromatic nitrogens is 1. The number of hydrogen-bond acceptors (Lipinski definition) is 6. The van der Waals surface area contributed by atoms with Crippen LogP contribution in [-0.4, -0.2) is 11.7 Å². The van der Waals surface area contributed by atoms with Crippen LogP contribution in [0.15, 0.2) is 46.8 Å². The van der Waals surface area contributed by atoms with Crippen LogP contribution in [0.4, 0.5) is 11.5 Å². The number of halogens is 1. The number of nitriles is 2. The number of carbonyl (C=O) groups is 1. The second kappa shape index (κ2) is 8.77. The number of pyridine rings is 1. The maximum atomic E-state index is 12.2. The van der Waals surface area contributed by atoms with E-state index in [-0.39, 0.29) is 28.6 Å². The number of anilines is 2. The van der Waals surface area contributed by atoms with Gasteiger partial charge in [-0.25, -0.2) is 4.98 Å². The van der Waals surface area contributed by atoms with Crippen molar-refractivity contribution in [3.05, 3.63) is 57.9 Å². The van der Waals surface area contributed by atoms with Crippen LogP contribution >= 0.6 is 34.7 Å². The summed E-state index contributed by atoms with van der Waals surface area (Å²) in [6.07, 6.45) is 0. The zero-order chi connectivity index (χ0) is 20.1. The molecule has 0 aliphatic carbocycles. The summed E-state index contributed by atoms with van der Waals surface area (Å²) in [5, 5.41) is 24.8. The number of nitrogens with two attached hydrogens (primary N) is 1. The van der Waals surface area contributed by atoms with Crippen LogP contribution in [0.25, 0.3) is 10.4 Å². The minimum Gasteiger partial charge on any atom is -0.325 e. The third-order valence-corrected chi connectivity index (χ3v) is 5.85. The largest absolute Gasteiger partial charge is 0.325 e. The number of nitrogens with one attached hydrogen (secondary N) is 2. The van der Waals surface area contributed by atoms with Crippen molar-refractivity contribution < 1.29 is 9.78 Å². The van der Waals surface area contributed by atoms with Gasteiger partial charge in [0.15, 0.2) is 10.6 Å². The molecule has 4 N–H and O–H groups in total. The lowest BCUT2D eigenvalue weighted by atomic mass is 10.0. The highest BCUT2D eigenvalue weighted by Crippen LogP contribution is 2.35. The van der Waals surface area contributed by atoms with Crippen molar-refractivity contribution >= 4 is 52.1 Å². The number of nitrogen functional groups attached to an aromatic ring is 1. The first-order valence-electron chi connectivity index (χ1n) is 7.94. The Hall–Kier alpha value is -3.04. The molecule has 9 heteroatoms. The summed E-state index contributed by atoms with van der Waals surface area (Å²) in [5.41, 5.74) is 7.61. The van der Waals surface area contributed by atoms with Crippen molar-refractivity contribution in [2.24, 2.45) is 0 Å². The Morgan fingerprint density at radius 1 is 1.21 bits per heavy atom. The Balaban J connectivity index is 1.86. The van der Waals surface area contributed by atoms with E-state index in [1.165, 1.54) is 11.3 Å². The van der Waals surface area contributed by atoms with E-state index >= 15 is 0 Å². The molecule has 3 aromatic rings. The van der Waals surface area contributed by atoms with E-state index in [1.54, 1.807) is 24.3 Å². The maximum Gasteiger partial charge on any atom is 0.289 e. The Kier molecular flexibility index (Phi) is 6.17. The fraction of sp³-hybridized carbons (Fsp3) is 0.0526. The number of amides is 1. The molecule has 28 heavy (non-hydrogen) atoms. The lowest BCUT2D eigenvalue weighted by molar-refractivity contribution is -0.410. The van der Waals surface area contributed by atoms with Gasteiger partial charge < -0.3 is 5.32 Å². The third kappa shape index (κ3) is 4.26. The first kappa shape index (κ1) is 19.7. The topological polar surface area (TPSA) is 117 Å². The highest BCUT2D eigenvalue weighted by Gasteiger charge is 2.24. The Labute approximate surface area is 174 Å². The van der Waals surface area contributed by atoms with Crippen molar-refractivity contribution in [3.8, 4) is 22.6 Å². The van der Waals surface area contributed by atoms with Crippen LogP contribution in [0, 0.1) is 22.7 Å². The fourth-order valence-corrected chi connectivity index (χ4v) is 4.22. The molecule has 0 fully saturated rings. The van der Waals surface area contributed by atoms with E-state index in [0.29, 0.717) is 21.3 Å². The van der Waals surface area contributed by atoms with Crippen LogP contribution in [0.2, 0.25) is 5.02 Å². The van der Waals surface area contributed by atoms with E-state index in [0.717, 1.165) is 16.6 Å². The summed E-state index contributed by atoms with van der Waals surface area (Å²) in [4.78, 5) is 15.9. The Morgan fingerprint density at radius 3 is 2.54 bits per heavy atom. The number of benzene rings is 1. The predicted molar refractivity (Wildman–Crippen MR) is 111 cm³/mol. The monoisotopic (exact) mass is 426 g/mol. The van der Waals surface area contributed by atoms with Crippen LogP contribution in [0.1, 0.15) is 11.1 Å². The van der Waals surface area contributed by atoms with Crippen LogP contribution in [0.3, 0.4) is 0 Å². The van der Waals surface area contributed by atoms with Gasteiger partial charge in [-0.05, 0) is 35.7 Å². The lowest BCUT2D eigenvalue weighted by Crippen LogP contribution is -2.20. The van der Waals surface area contributed by atoms with Crippen molar-refractivity contribution in [2.45, 2.75) is 5.03 Å². The summed E-state index contributed by atoms with van der Waals surface area (Å²) in [6.45, 7) is 0. The van der Waals surface area contributed by atoms with Crippen molar-refractivity contribution in [3.63, 3.8) is 0 Å². The van der Waals surface area contributed by atoms with Gasteiger partial charge in [0.25, 0.3) is 5.82 Å². The summed E-state index contributed by atoms with van der Waals surface area (Å²) in [6, 6.07) is 14.6. The molecule has 138 valence electrons. The highest BCUT2D eigenvalue weighted by molar-refractivity contribution is 7.99. The molecule has 0 saturated heterocycles. The smallest absolute Gasteiger partial charge is 0.289 e. The van der Waals surface area contributed by atoms with Gasteiger partial charge in [0.1, 0.15) is 17.7 Å². The molecular formula is C19H13ClN5OS2+. The lowest BCUT2D eigenvalue weighted by Gasteiger charge is -2.09. The number of H-pyrrole nitrogens is 1. The molecule has 0 saturated carbocycles. The molecule has 3 rings (SSSR count). The standard InChI is InChI=1S/C19H12ClN5OS2/c20-11-3-5-12(6-4-11)24-16(26)10-28-19-14(9-22)17(15-2-1-7-27-15)13(8-21)18(23)25-19/h1-7H,10H2,(H2,23,25)(H,24,26)/p+1. The molecule has 2 heterocycles. The summed E-state index contributed by atoms with van der Waals surface area (Å²) in [5.74, 6) is -0.0287. The molecular weight excluding hydrogens is 414 g/mol. The second-order valence-electron chi connectivity index (χ2n) is 5.54. The molecule has 0 atom stereocenters. The molecule has 2 aromatic heterocycles. The van der Waals surface area contributed by atoms with Gasteiger partial charge in [0, 0.05) is 21.2 Å². The highest BCUT2D eigenvalue weighted by atomic mass is 35.5. The molecule has 6 nitrogen and oxygen atoms in total. The minimum atomic E-state index is -0.245. The third-order valence-electron chi connectivity index (χ3n) is 3.71. The first-order valence-corrected chi connectivity index (χ1v) is 10.2. The molecule has 0 aliphatic heterocycles. The quantitative estimate of drug-likeness (QED) is 0.599. The van der Waals surface area contributed by atoms with Crippen LogP contribution < -0.4 is 16.0 Å². The van der Waals surface area contributed by atoms with E-state index in [4.69, 9.17) is 17.3 Å². The van der Waals surface area contributed by atoms with Gasteiger partial charge >= 0.3 is 0 Å². The van der Waals surface area contributed by atoms with E-state index in [2.05, 4.69) is 22.4 Å². The van der Waals surface area contributed by atoms with Gasteiger partial charge in [-0.1, -0.05) is 29.4 Å². The number of hydrogen-bond donors (Lipinski definition) is 2. The number of thioether (sulfide) groups is 1. The minimum absolute atomic E-state index is 0.0586.